The van der Waals surface area contributed by atoms with Crippen LogP contribution < -0.4 is 20.4 Å². The van der Waals surface area contributed by atoms with Gasteiger partial charge in [0.2, 0.25) is 0 Å². The van der Waals surface area contributed by atoms with Crippen LogP contribution in [0.2, 0.25) is 0 Å². The Balaban J connectivity index is -0.0000000980. The third-order valence-electron chi connectivity index (χ3n) is 1.07. The van der Waals surface area contributed by atoms with Crippen molar-refractivity contribution in [2.45, 2.75) is 25.7 Å². The Hall–Kier alpha value is -0.0940. The fourth-order valence-corrected chi connectivity index (χ4v) is 0.408. The maximum atomic E-state index is 9.50. The second-order valence-corrected chi connectivity index (χ2v) is 2.49. The van der Waals surface area contributed by atoms with Gasteiger partial charge in [0.05, 0.1) is 0 Å². The van der Waals surface area contributed by atoms with E-state index in [2.05, 4.69) is 0 Å². The smallest absolute Gasteiger partial charge is 0.550 e. The van der Waals surface area contributed by atoms with Gasteiger partial charge in [0.15, 0.2) is 0 Å². The summed E-state index contributed by atoms with van der Waals surface area (Å²) in [6.45, 7) is 0. The molecule has 0 unspecified atom stereocenters. The van der Waals surface area contributed by atoms with Gasteiger partial charge in [0, 0.05) is 23.9 Å². The van der Waals surface area contributed by atoms with E-state index >= 15 is 0 Å². The average molecular weight is 297 g/mol. The van der Waals surface area contributed by atoms with E-state index < -0.39 is 49.6 Å². The fourth-order valence-electron chi connectivity index (χ4n) is 0.408. The van der Waals surface area contributed by atoms with Crippen LogP contribution in [0.5, 0.6) is 0 Å². The number of carboxylic acids is 4. The number of hydrogen-bond acceptors (Lipinski definition) is 8. The molecule has 0 fully saturated rings. The van der Waals surface area contributed by atoms with Crippen LogP contribution in [0.25, 0.3) is 0 Å². The van der Waals surface area contributed by atoms with Crippen LogP contribution in [0, 0.1) is 0 Å². The van der Waals surface area contributed by atoms with Gasteiger partial charge in [-0.15, -0.1) is 0 Å². The molecule has 0 saturated carbocycles. The van der Waals surface area contributed by atoms with Crippen molar-refractivity contribution in [3.8, 4) is 0 Å². The first-order valence-electron chi connectivity index (χ1n) is 4.05. The molecule has 0 heterocycles. The Labute approximate surface area is 149 Å². The molecule has 0 aromatic heterocycles. The number of hydrogen-bond donors (Lipinski definition) is 0. The maximum Gasteiger partial charge on any atom is 2.00 e. The zero-order chi connectivity index (χ0) is 13.1. The first-order valence-corrected chi connectivity index (χ1v) is 4.05. The molecule has 0 saturated heterocycles. The summed E-state index contributed by atoms with van der Waals surface area (Å²) < 4.78 is 0. The Kier molecular flexibility index (Phi) is 24.9. The predicted molar refractivity (Wildman–Crippen MR) is 50.0 cm³/mol. The van der Waals surface area contributed by atoms with Gasteiger partial charge in [-0.3, -0.25) is 0 Å². The summed E-state index contributed by atoms with van der Waals surface area (Å²) >= 11 is 0. The number of rotatable bonds is 6. The van der Waals surface area contributed by atoms with E-state index in [9.17, 15) is 39.6 Å². The zero-order valence-corrected chi connectivity index (χ0v) is 13.1. The third kappa shape index (κ3) is 36.0. The molecule has 8 nitrogen and oxygen atoms in total. The second kappa shape index (κ2) is 16.9. The van der Waals surface area contributed by atoms with Crippen LogP contribution in [0.1, 0.15) is 25.7 Å². The van der Waals surface area contributed by atoms with Crippen molar-refractivity contribution in [2.75, 3.05) is 0 Å². The molecule has 10 heteroatoms. The summed E-state index contributed by atoms with van der Waals surface area (Å²) in [5.41, 5.74) is 0. The summed E-state index contributed by atoms with van der Waals surface area (Å²) in [5.74, 6) is -5.47. The number of carboxylic acid groups (broad SMARTS) is 4. The summed E-state index contributed by atoms with van der Waals surface area (Å²) in [5, 5.41) is 38.0. The molecule has 0 spiro atoms. The molecular formula is C8H8CaMgO8. The molecule has 0 amide bonds. The zero-order valence-electron chi connectivity index (χ0n) is 9.51. The topological polar surface area (TPSA) is 161 Å². The van der Waals surface area contributed by atoms with Gasteiger partial charge in [-0.25, -0.2) is 0 Å². The Morgan fingerprint density at radius 3 is 0.722 bits per heavy atom. The van der Waals surface area contributed by atoms with Crippen LogP contribution in [0.15, 0.2) is 0 Å². The number of carbonyl (C=O) groups excluding carboxylic acids is 4. The Morgan fingerprint density at radius 1 is 0.556 bits per heavy atom. The molecule has 0 N–H and O–H groups in total. The van der Waals surface area contributed by atoms with Crippen molar-refractivity contribution in [2.24, 2.45) is 0 Å². The van der Waals surface area contributed by atoms with E-state index in [-0.39, 0.29) is 60.8 Å². The van der Waals surface area contributed by atoms with Crippen LogP contribution in [0.3, 0.4) is 0 Å². The predicted octanol–water partition coefficient (Wildman–Crippen LogP) is -6.23. The largest absolute Gasteiger partial charge is 2.00 e. The SMILES string of the molecule is O=C([O-])CCC(=O)[O-].O=C([O-])CCC(=O)[O-].[Ca+2].[Mg+2]. The maximum absolute atomic E-state index is 9.50. The fraction of sp³-hybridized carbons (Fsp3) is 0.500. The minimum Gasteiger partial charge on any atom is -0.550 e. The second-order valence-electron chi connectivity index (χ2n) is 2.49. The monoisotopic (exact) mass is 296 g/mol. The minimum atomic E-state index is -1.37. The van der Waals surface area contributed by atoms with Crippen LogP contribution >= 0.6 is 0 Å². The molecule has 0 aliphatic heterocycles. The summed E-state index contributed by atoms with van der Waals surface area (Å²) in [4.78, 5) is 38.0. The van der Waals surface area contributed by atoms with Gasteiger partial charge >= 0.3 is 60.8 Å². The molecule has 92 valence electrons. The van der Waals surface area contributed by atoms with E-state index in [1.807, 2.05) is 0 Å². The van der Waals surface area contributed by atoms with Gasteiger partial charge in [-0.2, -0.15) is 0 Å². The average Bonchev–Trinajstić information content (AvgIpc) is 2.12. The van der Waals surface area contributed by atoms with Crippen LogP contribution in [-0.2, 0) is 19.2 Å². The summed E-state index contributed by atoms with van der Waals surface area (Å²) in [7, 11) is 0. The van der Waals surface area contributed by atoms with Gasteiger partial charge < -0.3 is 39.6 Å². The minimum absolute atomic E-state index is 0. The van der Waals surface area contributed by atoms with Gasteiger partial charge in [-0.05, 0) is 25.7 Å². The van der Waals surface area contributed by atoms with E-state index in [0.29, 0.717) is 0 Å². The summed E-state index contributed by atoms with van der Waals surface area (Å²) in [6.07, 6.45) is -1.88. The molecule has 0 aromatic carbocycles. The van der Waals surface area contributed by atoms with E-state index in [1.165, 1.54) is 0 Å². The molecule has 0 aromatic rings. The van der Waals surface area contributed by atoms with Gasteiger partial charge in [0.1, 0.15) is 0 Å². The van der Waals surface area contributed by atoms with Crippen molar-refractivity contribution in [1.29, 1.82) is 0 Å². The first-order chi connectivity index (χ1) is 7.25. The van der Waals surface area contributed by atoms with Gasteiger partial charge in [0.25, 0.3) is 0 Å². The molecule has 0 radical (unpaired) electrons. The Morgan fingerprint density at radius 2 is 0.667 bits per heavy atom. The molecule has 0 aliphatic rings. The molecular weight excluding hydrogens is 288 g/mol. The normalized spacial score (nSPS) is 7.56. The van der Waals surface area contributed by atoms with Crippen molar-refractivity contribution in [3.05, 3.63) is 0 Å². The van der Waals surface area contributed by atoms with E-state index in [4.69, 9.17) is 0 Å². The first kappa shape index (κ1) is 26.5. The number of aliphatic carboxylic acids is 4. The van der Waals surface area contributed by atoms with Crippen molar-refractivity contribution >= 4 is 84.7 Å². The quantitative estimate of drug-likeness (QED) is 0.437. The van der Waals surface area contributed by atoms with E-state index in [0.717, 1.165) is 0 Å². The van der Waals surface area contributed by atoms with Crippen molar-refractivity contribution < 1.29 is 39.6 Å². The third-order valence-corrected chi connectivity index (χ3v) is 1.07. The van der Waals surface area contributed by atoms with Crippen molar-refractivity contribution in [3.63, 3.8) is 0 Å². The van der Waals surface area contributed by atoms with E-state index in [1.54, 1.807) is 0 Å². The molecule has 18 heavy (non-hydrogen) atoms. The molecule has 0 atom stereocenters. The molecule has 0 rings (SSSR count). The van der Waals surface area contributed by atoms with Crippen molar-refractivity contribution in [1.82, 2.24) is 0 Å². The van der Waals surface area contributed by atoms with Gasteiger partial charge in [-0.1, -0.05) is 0 Å². The molecule has 0 bridgehead atoms. The van der Waals surface area contributed by atoms with Crippen LogP contribution in [0.4, 0.5) is 0 Å². The van der Waals surface area contributed by atoms with Crippen LogP contribution in [-0.4, -0.2) is 84.7 Å². The molecule has 0 aliphatic carbocycles. The summed E-state index contributed by atoms with van der Waals surface area (Å²) in [6, 6.07) is 0. The standard InChI is InChI=1S/2C4H6O4.Ca.Mg/c2*5-3(6)1-2-4(7)8;;/h2*1-2H2,(H,5,6)(H,7,8);;/q;;2*+2/p-4. The Bertz CT molecular complexity index is 224. The number of carbonyl (C=O) groups is 4.